The number of hydrogen-bond acceptors (Lipinski definition) is 1. The van der Waals surface area contributed by atoms with Gasteiger partial charge < -0.3 is 5.11 Å². The minimum Gasteiger partial charge on any atom is -0.481 e. The quantitative estimate of drug-likeness (QED) is 0.855. The minimum atomic E-state index is -0.844. The van der Waals surface area contributed by atoms with E-state index in [1.165, 1.54) is 12.1 Å². The highest BCUT2D eigenvalue weighted by atomic mass is 19.1. The van der Waals surface area contributed by atoms with E-state index in [0.717, 1.165) is 30.4 Å². The summed E-state index contributed by atoms with van der Waals surface area (Å²) in [5.41, 5.74) is 1.13. The van der Waals surface area contributed by atoms with Gasteiger partial charge in [0.2, 0.25) is 0 Å². The van der Waals surface area contributed by atoms with Crippen molar-refractivity contribution in [2.24, 2.45) is 5.41 Å². The largest absolute Gasteiger partial charge is 0.481 e. The second-order valence-electron chi connectivity index (χ2n) is 5.31. The Morgan fingerprint density at radius 1 is 1.47 bits per heavy atom. The summed E-state index contributed by atoms with van der Waals surface area (Å²) < 4.78 is 13.3. The van der Waals surface area contributed by atoms with Crippen molar-refractivity contribution in [3.8, 4) is 0 Å². The van der Waals surface area contributed by atoms with Crippen LogP contribution in [0.2, 0.25) is 0 Å². The van der Waals surface area contributed by atoms with E-state index in [2.05, 4.69) is 0 Å². The van der Waals surface area contributed by atoms with Gasteiger partial charge in [-0.2, -0.15) is 0 Å². The second kappa shape index (κ2) is 4.13. The van der Waals surface area contributed by atoms with Crippen LogP contribution in [-0.4, -0.2) is 11.1 Å². The molecule has 0 radical (unpaired) electrons. The van der Waals surface area contributed by atoms with Crippen LogP contribution < -0.4 is 0 Å². The third-order valence-corrected chi connectivity index (χ3v) is 3.84. The van der Waals surface area contributed by atoms with Crippen molar-refractivity contribution in [2.75, 3.05) is 0 Å². The van der Waals surface area contributed by atoms with Crippen LogP contribution >= 0.6 is 0 Å². The second-order valence-corrected chi connectivity index (χ2v) is 5.31. The number of halogens is 1. The molecule has 17 heavy (non-hydrogen) atoms. The topological polar surface area (TPSA) is 37.3 Å². The van der Waals surface area contributed by atoms with E-state index in [0.29, 0.717) is 0 Å². The molecular formula is C14H17FO2. The van der Waals surface area contributed by atoms with E-state index in [9.17, 15) is 14.3 Å². The molecule has 3 heteroatoms. The van der Waals surface area contributed by atoms with Gasteiger partial charge in [-0.3, -0.25) is 4.79 Å². The van der Waals surface area contributed by atoms with Gasteiger partial charge in [0.05, 0.1) is 5.41 Å². The fourth-order valence-electron chi connectivity index (χ4n) is 2.67. The van der Waals surface area contributed by atoms with Gasteiger partial charge in [0.15, 0.2) is 0 Å². The van der Waals surface area contributed by atoms with E-state index >= 15 is 0 Å². The molecular weight excluding hydrogens is 219 g/mol. The third-order valence-electron chi connectivity index (χ3n) is 3.84. The highest BCUT2D eigenvalue weighted by Crippen LogP contribution is 2.44. The average Bonchev–Trinajstić information content (AvgIpc) is 2.27. The molecule has 0 saturated heterocycles. The van der Waals surface area contributed by atoms with Gasteiger partial charge in [-0.15, -0.1) is 0 Å². The summed E-state index contributed by atoms with van der Waals surface area (Å²) in [6.07, 6.45) is 2.71. The maximum atomic E-state index is 13.3. The Bertz CT molecular complexity index is 452. The molecule has 0 saturated carbocycles. The fourth-order valence-corrected chi connectivity index (χ4v) is 2.67. The first-order chi connectivity index (χ1) is 7.93. The van der Waals surface area contributed by atoms with Crippen molar-refractivity contribution in [3.05, 3.63) is 35.1 Å². The SMILES string of the molecule is CC(C)(C(=O)O)C1CCCc2ccc(F)cc21. The van der Waals surface area contributed by atoms with Gasteiger partial charge in [0.1, 0.15) is 5.82 Å². The number of aliphatic carboxylic acids is 1. The molecule has 2 rings (SSSR count). The minimum absolute atomic E-state index is 0.0977. The molecule has 0 spiro atoms. The van der Waals surface area contributed by atoms with Gasteiger partial charge in [-0.1, -0.05) is 6.07 Å². The number of fused-ring (bicyclic) bond motifs is 1. The predicted molar refractivity (Wildman–Crippen MR) is 63.5 cm³/mol. The Labute approximate surface area is 100 Å². The van der Waals surface area contributed by atoms with Crippen molar-refractivity contribution in [3.63, 3.8) is 0 Å². The molecule has 1 aliphatic carbocycles. The summed E-state index contributed by atoms with van der Waals surface area (Å²) in [4.78, 5) is 11.3. The van der Waals surface area contributed by atoms with Crippen LogP contribution in [0, 0.1) is 11.2 Å². The first-order valence-electron chi connectivity index (χ1n) is 5.94. The normalized spacial score (nSPS) is 19.8. The van der Waals surface area contributed by atoms with Crippen LogP contribution in [0.3, 0.4) is 0 Å². The van der Waals surface area contributed by atoms with Gasteiger partial charge in [0.25, 0.3) is 0 Å². The van der Waals surface area contributed by atoms with Gasteiger partial charge in [-0.05, 0) is 62.3 Å². The number of rotatable bonds is 2. The molecule has 92 valence electrons. The van der Waals surface area contributed by atoms with Crippen molar-refractivity contribution >= 4 is 5.97 Å². The lowest BCUT2D eigenvalue weighted by Crippen LogP contribution is -2.33. The Morgan fingerprint density at radius 3 is 2.82 bits per heavy atom. The smallest absolute Gasteiger partial charge is 0.309 e. The third kappa shape index (κ3) is 2.06. The Hall–Kier alpha value is -1.38. The lowest BCUT2D eigenvalue weighted by molar-refractivity contribution is -0.148. The molecule has 0 heterocycles. The first kappa shape index (κ1) is 12.1. The van der Waals surface area contributed by atoms with Crippen molar-refractivity contribution in [1.82, 2.24) is 0 Å². The number of aryl methyl sites for hydroxylation is 1. The summed E-state index contributed by atoms with van der Waals surface area (Å²) in [5.74, 6) is -1.20. The number of carbonyl (C=O) groups is 1. The monoisotopic (exact) mass is 236 g/mol. The molecule has 0 fully saturated rings. The Morgan fingerprint density at radius 2 is 2.18 bits per heavy atom. The van der Waals surface area contributed by atoms with Crippen LogP contribution in [0.5, 0.6) is 0 Å². The van der Waals surface area contributed by atoms with Gasteiger partial charge >= 0.3 is 5.97 Å². The van der Waals surface area contributed by atoms with E-state index < -0.39 is 11.4 Å². The van der Waals surface area contributed by atoms with E-state index in [1.807, 2.05) is 0 Å². The molecule has 0 aromatic heterocycles. The maximum absolute atomic E-state index is 13.3. The molecule has 0 bridgehead atoms. The molecule has 0 aliphatic heterocycles. The molecule has 1 unspecified atom stereocenters. The zero-order chi connectivity index (χ0) is 12.6. The molecule has 1 atom stereocenters. The van der Waals surface area contributed by atoms with E-state index in [1.54, 1.807) is 19.9 Å². The van der Waals surface area contributed by atoms with Crippen LogP contribution in [0.25, 0.3) is 0 Å². The molecule has 0 amide bonds. The number of hydrogen-bond donors (Lipinski definition) is 1. The van der Waals surface area contributed by atoms with Crippen LogP contribution in [0.4, 0.5) is 4.39 Å². The molecule has 1 aromatic rings. The Kier molecular flexibility index (Phi) is 2.94. The number of carboxylic acids is 1. The standard InChI is InChI=1S/C14H17FO2/c1-14(2,13(16)17)12-5-3-4-9-6-7-10(15)8-11(9)12/h6-8,12H,3-5H2,1-2H3,(H,16,17). The fraction of sp³-hybridized carbons (Fsp3) is 0.500. The summed E-state index contributed by atoms with van der Waals surface area (Å²) in [6.45, 7) is 3.44. The predicted octanol–water partition coefficient (Wildman–Crippen LogP) is 3.36. The van der Waals surface area contributed by atoms with Crippen molar-refractivity contribution in [1.29, 1.82) is 0 Å². The van der Waals surface area contributed by atoms with Gasteiger partial charge in [0, 0.05) is 0 Å². The van der Waals surface area contributed by atoms with Crippen LogP contribution in [0.1, 0.15) is 43.7 Å². The average molecular weight is 236 g/mol. The summed E-state index contributed by atoms with van der Waals surface area (Å²) in [6, 6.07) is 4.74. The Balaban J connectivity index is 2.47. The molecule has 1 aliphatic rings. The first-order valence-corrected chi connectivity index (χ1v) is 5.94. The molecule has 1 aromatic carbocycles. The van der Waals surface area contributed by atoms with Crippen molar-refractivity contribution in [2.45, 2.75) is 39.0 Å². The lowest BCUT2D eigenvalue weighted by Gasteiger charge is -2.35. The zero-order valence-electron chi connectivity index (χ0n) is 10.2. The summed E-state index contributed by atoms with van der Waals surface area (Å²) in [7, 11) is 0. The lowest BCUT2D eigenvalue weighted by atomic mass is 9.68. The summed E-state index contributed by atoms with van der Waals surface area (Å²) in [5, 5.41) is 9.29. The van der Waals surface area contributed by atoms with Crippen LogP contribution in [-0.2, 0) is 11.2 Å². The van der Waals surface area contributed by atoms with E-state index in [4.69, 9.17) is 0 Å². The highest BCUT2D eigenvalue weighted by molar-refractivity contribution is 5.75. The van der Waals surface area contributed by atoms with E-state index in [-0.39, 0.29) is 11.7 Å². The summed E-state index contributed by atoms with van der Waals surface area (Å²) >= 11 is 0. The maximum Gasteiger partial charge on any atom is 0.309 e. The number of carboxylic acid groups (broad SMARTS) is 1. The van der Waals surface area contributed by atoms with Gasteiger partial charge in [-0.25, -0.2) is 4.39 Å². The van der Waals surface area contributed by atoms with Crippen molar-refractivity contribution < 1.29 is 14.3 Å². The number of benzene rings is 1. The van der Waals surface area contributed by atoms with Crippen LogP contribution in [0.15, 0.2) is 18.2 Å². The molecule has 2 nitrogen and oxygen atoms in total. The molecule has 1 N–H and O–H groups in total. The zero-order valence-corrected chi connectivity index (χ0v) is 10.2. The highest BCUT2D eigenvalue weighted by Gasteiger charge is 2.39.